The van der Waals surface area contributed by atoms with E-state index in [1.165, 1.54) is 0 Å². The molecule has 686 valence electrons. The van der Waals surface area contributed by atoms with Gasteiger partial charge >= 0.3 is 5.97 Å². The lowest BCUT2D eigenvalue weighted by atomic mass is 9.95. The van der Waals surface area contributed by atoms with Crippen molar-refractivity contribution in [3.05, 3.63) is 253 Å². The summed E-state index contributed by atoms with van der Waals surface area (Å²) >= 11 is 0. The van der Waals surface area contributed by atoms with Crippen LogP contribution in [0, 0.1) is 17.8 Å². The van der Waals surface area contributed by atoms with E-state index in [1.807, 2.05) is 122 Å². The zero-order chi connectivity index (χ0) is 91.4. The van der Waals surface area contributed by atoms with E-state index >= 15 is 0 Å². The Labute approximate surface area is 769 Å². The van der Waals surface area contributed by atoms with E-state index in [0.717, 1.165) is 213 Å². The summed E-state index contributed by atoms with van der Waals surface area (Å²) in [5.41, 5.74) is 15.2. The van der Waals surface area contributed by atoms with Gasteiger partial charge in [0.05, 0.1) is 66.8 Å². The van der Waals surface area contributed by atoms with Crippen LogP contribution in [0.3, 0.4) is 0 Å². The summed E-state index contributed by atoms with van der Waals surface area (Å²) < 4.78 is 53.5. The summed E-state index contributed by atoms with van der Waals surface area (Å²) in [4.78, 5) is 73.6. The summed E-state index contributed by atoms with van der Waals surface area (Å²) in [5.74, 6) is 10.5. The number of aromatic nitrogens is 9. The highest BCUT2D eigenvalue weighted by molar-refractivity contribution is 6.76. The molecular formula is C102H123N15O12Si2. The minimum atomic E-state index is -1.19. The highest BCUT2D eigenvalue weighted by atomic mass is 28.3. The molecular weight excluding hydrogens is 1680 g/mol. The fourth-order valence-corrected chi connectivity index (χ4v) is 18.2. The molecule has 0 saturated carbocycles. The van der Waals surface area contributed by atoms with Gasteiger partial charge in [0.2, 0.25) is 11.8 Å². The summed E-state index contributed by atoms with van der Waals surface area (Å²) in [6.45, 7) is 23.9. The number of carboxylic acids is 1. The molecule has 2 amide bonds. The van der Waals surface area contributed by atoms with Crippen molar-refractivity contribution in [2.45, 2.75) is 140 Å². The zero-order valence-corrected chi connectivity index (χ0v) is 78.7. The van der Waals surface area contributed by atoms with Gasteiger partial charge in [0, 0.05) is 102 Å². The number of H-pyrrole nitrogens is 1. The summed E-state index contributed by atoms with van der Waals surface area (Å²) in [6.07, 6.45) is 18.4. The first-order valence-corrected chi connectivity index (χ1v) is 53.1. The Morgan fingerprint density at radius 2 is 0.817 bits per heavy atom. The van der Waals surface area contributed by atoms with Gasteiger partial charge in [-0.05, 0) is 225 Å². The Morgan fingerprint density at radius 3 is 1.21 bits per heavy atom. The number of carbonyl (C=O) groups excluding carboxylic acids is 2. The van der Waals surface area contributed by atoms with Crippen LogP contribution in [-0.4, -0.2) is 191 Å². The first-order valence-electron chi connectivity index (χ1n) is 45.7. The van der Waals surface area contributed by atoms with E-state index in [2.05, 4.69) is 162 Å². The molecule has 12 heterocycles. The first-order chi connectivity index (χ1) is 63.3. The number of fused-ring (bicyclic) bond motifs is 3. The minimum absolute atomic E-state index is 0.00671. The van der Waals surface area contributed by atoms with Crippen molar-refractivity contribution in [3.8, 4) is 85.5 Å². The number of anilines is 3. The maximum Gasteiger partial charge on any atom is 0.306 e. The number of carbonyl (C=O) groups is 3. The third kappa shape index (κ3) is 26.7. The first kappa shape index (κ1) is 93.3. The van der Waals surface area contributed by atoms with Crippen molar-refractivity contribution in [1.82, 2.24) is 58.7 Å². The van der Waals surface area contributed by atoms with Crippen LogP contribution in [0.5, 0.6) is 51.7 Å². The molecule has 3 atom stereocenters. The number of nitrogens with zero attached hydrogens (tertiary/aromatic N) is 11. The number of ether oxygens (including phenoxy) is 8. The third-order valence-corrected chi connectivity index (χ3v) is 27.9. The maximum atomic E-state index is 12.8. The fourth-order valence-electron chi connectivity index (χ4n) is 16.7. The number of rotatable bonds is 27. The Kier molecular flexibility index (Phi) is 31.4. The monoisotopic (exact) mass is 1810 g/mol. The second kappa shape index (κ2) is 44.0. The maximum absolute atomic E-state index is 12.8. The van der Waals surface area contributed by atoms with Gasteiger partial charge < -0.3 is 88.2 Å². The molecule has 3 saturated heterocycles. The number of nitrogens with two attached hydrogens (primary N) is 1. The molecule has 0 radical (unpaired) electrons. The van der Waals surface area contributed by atoms with E-state index in [1.54, 1.807) is 55.0 Å². The lowest BCUT2D eigenvalue weighted by molar-refractivity contribution is -0.143. The average molecular weight is 1810 g/mol. The van der Waals surface area contributed by atoms with Crippen LogP contribution in [0.2, 0.25) is 51.4 Å². The van der Waals surface area contributed by atoms with Crippen LogP contribution < -0.4 is 44.8 Å². The standard InChI is InChI=1S/C36H45N5O4Si.C30H31N5O3.C29H34N4O3Si.C7H13NO2/c1-40-16-13-27(14-17-40)36(42)39-34-22-31(12-15-37-34)45-30-10-11-33-28(21-30)20-29(24-44-33)35-38-32(26-8-6-5-7-9-26)23-41(35)25-43-18-19-46(2,3)4;1-35-13-10-21(11-14-35)30(36)34-28-17-25(9-12-31-28)38-24-7-8-27-22(16-24)15-23(19-37-27)29-32-18-26(33-29)20-5-3-2-4-6-20;1-37(2,3)14-13-34-20-33-18-26(21-7-5-4-6-8-21)32-29(33)23-15-22-16-24(9-10-27(22)35-19-23)36-25-11-12-31-28(30)17-25;1-8-4-2-6(3-5-8)7(9)10/h5-12,15,21-23,27,29H,13-14,16-20,24-25H2,1-4H3,(H,37,39,42);2-9,12,16-18,21,23H,10-11,13-15,19H2,1H3,(H,32,33)(H,31,34,36);4-12,16-18,23H,13-15,19-20H2,1-3H3,(H2,30,31);6H,2-5H2,1H3,(H,9,10). The minimum Gasteiger partial charge on any atom is -0.493 e. The molecule has 3 unspecified atom stereocenters. The van der Waals surface area contributed by atoms with Gasteiger partial charge in [-0.3, -0.25) is 14.4 Å². The van der Waals surface area contributed by atoms with Gasteiger partial charge in [-0.2, -0.15) is 0 Å². The Bertz CT molecular complexity index is 5770. The normalized spacial score (nSPS) is 17.3. The number of pyridine rings is 3. The Morgan fingerprint density at radius 1 is 0.450 bits per heavy atom. The number of likely N-dealkylation sites (tertiary alicyclic amines) is 3. The van der Waals surface area contributed by atoms with E-state index in [4.69, 9.17) is 58.7 Å². The van der Waals surface area contributed by atoms with Gasteiger partial charge in [-0.15, -0.1) is 0 Å². The van der Waals surface area contributed by atoms with Crippen LogP contribution in [0.1, 0.15) is 90.4 Å². The van der Waals surface area contributed by atoms with Crippen molar-refractivity contribution < 1.29 is 57.4 Å². The van der Waals surface area contributed by atoms with E-state index < -0.39 is 22.1 Å². The largest absolute Gasteiger partial charge is 0.493 e. The predicted octanol–water partition coefficient (Wildman–Crippen LogP) is 19.1. The van der Waals surface area contributed by atoms with E-state index in [0.29, 0.717) is 79.5 Å². The predicted molar refractivity (Wildman–Crippen MR) is 516 cm³/mol. The molecule has 131 heavy (non-hydrogen) atoms. The van der Waals surface area contributed by atoms with E-state index in [9.17, 15) is 14.4 Å². The molecule has 6 aromatic carbocycles. The number of piperidine rings is 3. The summed E-state index contributed by atoms with van der Waals surface area (Å²) in [5, 5.41) is 14.6. The van der Waals surface area contributed by atoms with Crippen LogP contribution in [0.4, 0.5) is 17.5 Å². The Balaban J connectivity index is 0.000000143. The van der Waals surface area contributed by atoms with Gasteiger partial charge in [0.15, 0.2) is 0 Å². The molecule has 6 aliphatic heterocycles. The van der Waals surface area contributed by atoms with Crippen molar-refractivity contribution in [3.63, 3.8) is 0 Å². The van der Waals surface area contributed by atoms with Gasteiger partial charge in [-0.1, -0.05) is 130 Å². The van der Waals surface area contributed by atoms with Gasteiger partial charge in [-0.25, -0.2) is 29.9 Å². The van der Waals surface area contributed by atoms with Crippen molar-refractivity contribution in [1.29, 1.82) is 0 Å². The van der Waals surface area contributed by atoms with Crippen LogP contribution in [0.15, 0.2) is 219 Å². The highest BCUT2D eigenvalue weighted by Gasteiger charge is 2.33. The molecule has 6 aromatic heterocycles. The third-order valence-electron chi connectivity index (χ3n) is 24.5. The molecule has 6 aliphatic rings. The number of benzene rings is 6. The van der Waals surface area contributed by atoms with Crippen LogP contribution in [-0.2, 0) is 56.6 Å². The molecule has 0 bridgehead atoms. The molecule has 0 spiro atoms. The Hall–Kier alpha value is -12.4. The topological polar surface area (TPSA) is 308 Å². The number of carboxylic acid groups (broad SMARTS) is 1. The zero-order valence-electron chi connectivity index (χ0n) is 76.7. The second-order valence-corrected chi connectivity index (χ2v) is 48.6. The molecule has 3 fully saturated rings. The summed E-state index contributed by atoms with van der Waals surface area (Å²) in [6, 6.07) is 61.3. The quantitative estimate of drug-likeness (QED) is 0.0236. The number of aromatic amines is 1. The molecule has 29 heteroatoms. The van der Waals surface area contributed by atoms with Crippen LogP contribution in [0.25, 0.3) is 33.8 Å². The lowest BCUT2D eigenvalue weighted by Crippen LogP contribution is -2.36. The van der Waals surface area contributed by atoms with Gasteiger partial charge in [0.1, 0.15) is 100 Å². The van der Waals surface area contributed by atoms with Gasteiger partial charge in [0.25, 0.3) is 0 Å². The van der Waals surface area contributed by atoms with E-state index in [-0.39, 0.29) is 47.3 Å². The smallest absolute Gasteiger partial charge is 0.306 e. The van der Waals surface area contributed by atoms with Crippen molar-refractivity contribution in [2.24, 2.45) is 17.8 Å². The fraction of sp³-hybridized carbons (Fsp3) is 0.382. The number of imidazole rings is 3. The number of hydrogen-bond donors (Lipinski definition) is 5. The molecule has 18 rings (SSSR count). The average Bonchev–Trinajstić information content (AvgIpc) is 1.70. The SMILES string of the molecule is CN1CCC(C(=O)Nc2cc(Oc3ccc4c(c3)CC(c3nc(-c5ccccc5)cn3COCC[Si](C)(C)C)CO4)ccn2)CC1.CN1CCC(C(=O)Nc2cc(Oc3ccc4c(c3)CC(c3ncc(-c5ccccc5)[nH]3)CO4)ccn2)CC1.CN1CCC(C(=O)O)CC1.C[Si](C)(C)CCOCn1cc(-c2ccccc2)nc1C1COc2ccc(Oc3ccnc(N)c3)cc2C1. The lowest BCUT2D eigenvalue weighted by Gasteiger charge is -2.27. The molecule has 0 aliphatic carbocycles. The molecule has 27 nitrogen and oxygen atoms in total. The number of nitrogens with one attached hydrogen (secondary N) is 3. The van der Waals surface area contributed by atoms with Crippen molar-refractivity contribution >= 4 is 51.4 Å². The van der Waals surface area contributed by atoms with Crippen LogP contribution >= 0.6 is 0 Å². The molecule has 12 aromatic rings. The number of nitrogen functional groups attached to an aromatic ring is 1. The number of aliphatic carboxylic acids is 1. The second-order valence-electron chi connectivity index (χ2n) is 37.4. The highest BCUT2D eigenvalue weighted by Crippen LogP contribution is 2.42. The molecule has 6 N–H and O–H groups in total. The number of amides is 2. The number of hydrogen-bond acceptors (Lipinski definition) is 21. The van der Waals surface area contributed by atoms with Crippen molar-refractivity contribution in [2.75, 3.05) is 110 Å². The summed E-state index contributed by atoms with van der Waals surface area (Å²) in [7, 11) is 3.86.